The van der Waals surface area contributed by atoms with E-state index in [0.29, 0.717) is 18.2 Å². The molecule has 1 aromatic carbocycles. The standard InChI is InChI=1S/C23H30N4O4/c1-26-13-23(12-19(26)22-25-24-21(31-22)17-6-8-30-9-7-17)14-27(15-23)20(28)11-16-4-3-5-18(10-16)29-2/h3-5,10,17,19H,6-9,11-15H2,1-2H3. The third-order valence-corrected chi connectivity index (χ3v) is 6.95. The third-order valence-electron chi connectivity index (χ3n) is 6.95. The maximum Gasteiger partial charge on any atom is 0.233 e. The Morgan fingerprint density at radius 1 is 1.19 bits per heavy atom. The fourth-order valence-electron chi connectivity index (χ4n) is 5.27. The summed E-state index contributed by atoms with van der Waals surface area (Å²) in [5.41, 5.74) is 1.11. The number of rotatable bonds is 5. The molecule has 3 aliphatic rings. The molecule has 8 nitrogen and oxygen atoms in total. The lowest BCUT2D eigenvalue weighted by Gasteiger charge is -2.48. The quantitative estimate of drug-likeness (QED) is 0.726. The first-order valence-corrected chi connectivity index (χ1v) is 11.1. The second kappa shape index (κ2) is 8.24. The van der Waals surface area contributed by atoms with Gasteiger partial charge in [0.25, 0.3) is 0 Å². The first kappa shape index (κ1) is 20.5. The Labute approximate surface area is 182 Å². The number of hydrogen-bond donors (Lipinski definition) is 0. The van der Waals surface area contributed by atoms with Crippen molar-refractivity contribution in [2.75, 3.05) is 47.0 Å². The Morgan fingerprint density at radius 2 is 1.97 bits per heavy atom. The van der Waals surface area contributed by atoms with Gasteiger partial charge in [0.15, 0.2) is 0 Å². The van der Waals surface area contributed by atoms with Gasteiger partial charge >= 0.3 is 0 Å². The predicted octanol–water partition coefficient (Wildman–Crippen LogP) is 2.42. The number of amides is 1. The number of likely N-dealkylation sites (tertiary alicyclic amines) is 2. The van der Waals surface area contributed by atoms with E-state index in [1.54, 1.807) is 7.11 Å². The number of hydrogen-bond acceptors (Lipinski definition) is 7. The number of benzene rings is 1. The van der Waals surface area contributed by atoms with Crippen molar-refractivity contribution in [3.63, 3.8) is 0 Å². The van der Waals surface area contributed by atoms with Gasteiger partial charge in [-0.1, -0.05) is 12.1 Å². The minimum Gasteiger partial charge on any atom is -0.497 e. The van der Waals surface area contributed by atoms with Crippen LogP contribution in [0.25, 0.3) is 0 Å². The maximum absolute atomic E-state index is 12.8. The van der Waals surface area contributed by atoms with Crippen LogP contribution < -0.4 is 4.74 Å². The number of nitrogens with zero attached hydrogens (tertiary/aromatic N) is 4. The minimum atomic E-state index is 0.122. The average Bonchev–Trinajstić information content (AvgIpc) is 3.38. The Morgan fingerprint density at radius 3 is 2.74 bits per heavy atom. The van der Waals surface area contributed by atoms with Crippen LogP contribution in [0.4, 0.5) is 0 Å². The van der Waals surface area contributed by atoms with E-state index in [2.05, 4.69) is 22.1 Å². The van der Waals surface area contributed by atoms with Crippen molar-refractivity contribution in [1.29, 1.82) is 0 Å². The fourth-order valence-corrected chi connectivity index (χ4v) is 5.27. The lowest BCUT2D eigenvalue weighted by Crippen LogP contribution is -2.59. The highest BCUT2D eigenvalue weighted by Gasteiger charge is 2.53. The van der Waals surface area contributed by atoms with Gasteiger partial charge in [-0.15, -0.1) is 10.2 Å². The molecule has 1 atom stereocenters. The van der Waals surface area contributed by atoms with E-state index in [1.807, 2.05) is 29.2 Å². The molecule has 8 heteroatoms. The molecule has 0 bridgehead atoms. The Bertz CT molecular complexity index is 933. The molecule has 2 aromatic rings. The van der Waals surface area contributed by atoms with Crippen LogP contribution in [0.5, 0.6) is 5.75 Å². The molecule has 0 aliphatic carbocycles. The van der Waals surface area contributed by atoms with Crippen LogP contribution >= 0.6 is 0 Å². The maximum atomic E-state index is 12.8. The largest absolute Gasteiger partial charge is 0.497 e. The highest BCUT2D eigenvalue weighted by atomic mass is 16.5. The van der Waals surface area contributed by atoms with Gasteiger partial charge < -0.3 is 18.8 Å². The Hall–Kier alpha value is -2.45. The zero-order chi connectivity index (χ0) is 21.4. The van der Waals surface area contributed by atoms with Crippen LogP contribution in [0.1, 0.15) is 48.6 Å². The van der Waals surface area contributed by atoms with Gasteiger partial charge in [0.2, 0.25) is 17.7 Å². The van der Waals surface area contributed by atoms with Crippen LogP contribution in [-0.4, -0.2) is 72.9 Å². The Balaban J connectivity index is 1.18. The van der Waals surface area contributed by atoms with E-state index < -0.39 is 0 Å². The monoisotopic (exact) mass is 426 g/mol. The number of ether oxygens (including phenoxy) is 2. The van der Waals surface area contributed by atoms with Crippen molar-refractivity contribution in [2.45, 2.75) is 37.6 Å². The van der Waals surface area contributed by atoms with E-state index >= 15 is 0 Å². The van der Waals surface area contributed by atoms with E-state index in [1.165, 1.54) is 0 Å². The van der Waals surface area contributed by atoms with Crippen molar-refractivity contribution in [3.05, 3.63) is 41.6 Å². The molecule has 3 aliphatic heterocycles. The zero-order valence-electron chi connectivity index (χ0n) is 18.2. The zero-order valence-corrected chi connectivity index (χ0v) is 18.2. The molecule has 31 heavy (non-hydrogen) atoms. The molecule has 1 unspecified atom stereocenters. The van der Waals surface area contributed by atoms with Gasteiger partial charge in [-0.2, -0.15) is 0 Å². The molecular formula is C23H30N4O4. The summed E-state index contributed by atoms with van der Waals surface area (Å²) in [6, 6.07) is 7.84. The van der Waals surface area contributed by atoms with Crippen LogP contribution in [0.3, 0.4) is 0 Å². The number of methoxy groups -OCH3 is 1. The number of aromatic nitrogens is 2. The molecule has 3 fully saturated rings. The van der Waals surface area contributed by atoms with Crippen molar-refractivity contribution < 1.29 is 18.7 Å². The summed E-state index contributed by atoms with van der Waals surface area (Å²) in [7, 11) is 3.75. The predicted molar refractivity (Wildman–Crippen MR) is 113 cm³/mol. The summed E-state index contributed by atoms with van der Waals surface area (Å²) >= 11 is 0. The topological polar surface area (TPSA) is 80.9 Å². The van der Waals surface area contributed by atoms with E-state index in [0.717, 1.165) is 69.3 Å². The van der Waals surface area contributed by atoms with Crippen molar-refractivity contribution in [2.24, 2.45) is 5.41 Å². The number of carbonyl (C=O) groups excluding carboxylic acids is 1. The highest BCUT2D eigenvalue weighted by molar-refractivity contribution is 5.80. The molecule has 0 saturated carbocycles. The summed E-state index contributed by atoms with van der Waals surface area (Å²) in [6.07, 6.45) is 3.24. The smallest absolute Gasteiger partial charge is 0.233 e. The van der Waals surface area contributed by atoms with Crippen LogP contribution in [-0.2, 0) is 16.0 Å². The van der Waals surface area contributed by atoms with Gasteiger partial charge in [-0.3, -0.25) is 9.69 Å². The van der Waals surface area contributed by atoms with Gasteiger partial charge in [-0.25, -0.2) is 0 Å². The van der Waals surface area contributed by atoms with Crippen LogP contribution in [0.15, 0.2) is 28.7 Å². The summed E-state index contributed by atoms with van der Waals surface area (Å²) in [5.74, 6) is 2.72. The van der Waals surface area contributed by atoms with Gasteiger partial charge in [-0.05, 0) is 44.0 Å². The van der Waals surface area contributed by atoms with Crippen molar-refractivity contribution in [1.82, 2.24) is 20.0 Å². The van der Waals surface area contributed by atoms with Crippen molar-refractivity contribution >= 4 is 5.91 Å². The van der Waals surface area contributed by atoms with Crippen LogP contribution in [0.2, 0.25) is 0 Å². The summed E-state index contributed by atoms with van der Waals surface area (Å²) in [6.45, 7) is 4.04. The molecule has 1 amide bonds. The average molecular weight is 427 g/mol. The van der Waals surface area contributed by atoms with Crippen LogP contribution in [0, 0.1) is 5.41 Å². The molecule has 0 N–H and O–H groups in total. The first-order chi connectivity index (χ1) is 15.0. The second-order valence-electron chi connectivity index (χ2n) is 9.28. The molecule has 3 saturated heterocycles. The molecule has 1 spiro atoms. The lowest BCUT2D eigenvalue weighted by atomic mass is 9.77. The van der Waals surface area contributed by atoms with E-state index in [-0.39, 0.29) is 17.4 Å². The fraction of sp³-hybridized carbons (Fsp3) is 0.609. The van der Waals surface area contributed by atoms with Gasteiger partial charge in [0, 0.05) is 44.2 Å². The van der Waals surface area contributed by atoms with E-state index in [9.17, 15) is 4.79 Å². The third kappa shape index (κ3) is 4.06. The summed E-state index contributed by atoms with van der Waals surface area (Å²) in [5, 5.41) is 8.72. The summed E-state index contributed by atoms with van der Waals surface area (Å²) in [4.78, 5) is 17.0. The molecule has 166 valence electrons. The minimum absolute atomic E-state index is 0.122. The SMILES string of the molecule is COc1cccc(CC(=O)N2CC3(CC(c4nnc(C5CCOCC5)o4)N(C)C3)C2)c1. The lowest BCUT2D eigenvalue weighted by molar-refractivity contribution is -0.141. The highest BCUT2D eigenvalue weighted by Crippen LogP contribution is 2.47. The van der Waals surface area contributed by atoms with Gasteiger partial charge in [0.05, 0.1) is 19.6 Å². The molecule has 1 aromatic heterocycles. The van der Waals surface area contributed by atoms with Gasteiger partial charge in [0.1, 0.15) is 5.75 Å². The normalized spacial score (nSPS) is 23.8. The molecule has 5 rings (SSSR count). The first-order valence-electron chi connectivity index (χ1n) is 11.1. The molecule has 0 radical (unpaired) electrons. The Kier molecular flexibility index (Phi) is 5.44. The molecule has 4 heterocycles. The van der Waals surface area contributed by atoms with Crippen molar-refractivity contribution in [3.8, 4) is 5.75 Å². The number of carbonyl (C=O) groups is 1. The van der Waals surface area contributed by atoms with E-state index in [4.69, 9.17) is 13.9 Å². The second-order valence-corrected chi connectivity index (χ2v) is 9.28. The summed E-state index contributed by atoms with van der Waals surface area (Å²) < 4.78 is 16.8. The molecular weight excluding hydrogens is 396 g/mol.